The second-order valence-corrected chi connectivity index (χ2v) is 5.71. The molecule has 0 radical (unpaired) electrons. The highest BCUT2D eigenvalue weighted by Crippen LogP contribution is 2.43. The quantitative estimate of drug-likeness (QED) is 0.684. The van der Waals surface area contributed by atoms with Gasteiger partial charge in [0.2, 0.25) is 0 Å². The van der Waals surface area contributed by atoms with E-state index in [1.807, 2.05) is 0 Å². The Bertz CT molecular complexity index is 184. The molecule has 15 heavy (non-hydrogen) atoms. The first-order valence-electron chi connectivity index (χ1n) is 7.03. The van der Waals surface area contributed by atoms with E-state index in [4.69, 9.17) is 0 Å². The summed E-state index contributed by atoms with van der Waals surface area (Å²) in [5.41, 5.74) is 0. The largest absolute Gasteiger partial charge is 0.303 e. The molecule has 88 valence electrons. The van der Waals surface area contributed by atoms with Gasteiger partial charge in [-0.3, -0.25) is 0 Å². The number of likely N-dealkylation sites (tertiary alicyclic amines) is 1. The van der Waals surface area contributed by atoms with Gasteiger partial charge in [0, 0.05) is 0 Å². The summed E-state index contributed by atoms with van der Waals surface area (Å²) in [4.78, 5) is 2.69. The first-order chi connectivity index (χ1) is 7.31. The third kappa shape index (κ3) is 2.75. The minimum atomic E-state index is 1.01. The van der Waals surface area contributed by atoms with Gasteiger partial charge in [-0.1, -0.05) is 26.7 Å². The van der Waals surface area contributed by atoms with Gasteiger partial charge < -0.3 is 4.90 Å². The van der Waals surface area contributed by atoms with Crippen LogP contribution in [0.5, 0.6) is 0 Å². The van der Waals surface area contributed by atoms with E-state index in [-0.39, 0.29) is 0 Å². The zero-order chi connectivity index (χ0) is 10.7. The van der Waals surface area contributed by atoms with Crippen molar-refractivity contribution in [2.45, 2.75) is 52.4 Å². The van der Waals surface area contributed by atoms with Crippen LogP contribution in [-0.4, -0.2) is 24.5 Å². The molecule has 0 aromatic rings. The molecule has 0 aromatic carbocycles. The van der Waals surface area contributed by atoms with Gasteiger partial charge in [0.1, 0.15) is 0 Å². The average Bonchev–Trinajstić information content (AvgIpc) is 2.29. The van der Waals surface area contributed by atoms with Crippen LogP contribution in [0.4, 0.5) is 0 Å². The van der Waals surface area contributed by atoms with Gasteiger partial charge in [-0.25, -0.2) is 0 Å². The molecule has 2 fully saturated rings. The van der Waals surface area contributed by atoms with E-state index in [2.05, 4.69) is 18.7 Å². The fraction of sp³-hybridized carbons (Fsp3) is 1.00. The summed E-state index contributed by atoms with van der Waals surface area (Å²) < 4.78 is 0. The summed E-state index contributed by atoms with van der Waals surface area (Å²) >= 11 is 0. The molecule has 1 heterocycles. The van der Waals surface area contributed by atoms with Gasteiger partial charge in [0.05, 0.1) is 0 Å². The lowest BCUT2D eigenvalue weighted by Crippen LogP contribution is -2.38. The minimum absolute atomic E-state index is 1.01. The molecule has 1 nitrogen and oxygen atoms in total. The molecule has 3 unspecified atom stereocenters. The third-order valence-corrected chi connectivity index (χ3v) is 4.88. The standard InChI is InChI=1S/C14H27N/c1-3-13-11-14(12(13)2)7-10-15-8-5-4-6-9-15/h12-14H,3-11H2,1-2H3. The topological polar surface area (TPSA) is 3.24 Å². The van der Waals surface area contributed by atoms with E-state index in [0.29, 0.717) is 0 Å². The molecule has 1 saturated carbocycles. The summed E-state index contributed by atoms with van der Waals surface area (Å²) in [6, 6.07) is 0. The van der Waals surface area contributed by atoms with Crippen molar-refractivity contribution < 1.29 is 0 Å². The van der Waals surface area contributed by atoms with Gasteiger partial charge in [0.15, 0.2) is 0 Å². The van der Waals surface area contributed by atoms with Crippen LogP contribution < -0.4 is 0 Å². The summed E-state index contributed by atoms with van der Waals surface area (Å²) in [6.45, 7) is 8.95. The lowest BCUT2D eigenvalue weighted by molar-refractivity contribution is 0.0635. The zero-order valence-corrected chi connectivity index (χ0v) is 10.5. The predicted octanol–water partition coefficient (Wildman–Crippen LogP) is 3.54. The second-order valence-electron chi connectivity index (χ2n) is 5.71. The fourth-order valence-electron chi connectivity index (χ4n) is 3.46. The van der Waals surface area contributed by atoms with Gasteiger partial charge in [-0.2, -0.15) is 0 Å². The Labute approximate surface area is 95.2 Å². The highest BCUT2D eigenvalue weighted by molar-refractivity contribution is 4.86. The SMILES string of the molecule is CCC1CC(CCN2CCCCC2)C1C. The molecule has 0 aromatic heterocycles. The summed E-state index contributed by atoms with van der Waals surface area (Å²) in [6.07, 6.45) is 8.74. The van der Waals surface area contributed by atoms with Crippen LogP contribution in [0.2, 0.25) is 0 Å². The monoisotopic (exact) mass is 209 g/mol. The lowest BCUT2D eigenvalue weighted by Gasteiger charge is -2.43. The van der Waals surface area contributed by atoms with E-state index < -0.39 is 0 Å². The summed E-state index contributed by atoms with van der Waals surface area (Å²) in [5, 5.41) is 0. The van der Waals surface area contributed by atoms with Crippen molar-refractivity contribution >= 4 is 0 Å². The molecule has 2 aliphatic rings. The highest BCUT2D eigenvalue weighted by atomic mass is 15.1. The van der Waals surface area contributed by atoms with E-state index in [1.165, 1.54) is 58.2 Å². The first-order valence-corrected chi connectivity index (χ1v) is 7.03. The van der Waals surface area contributed by atoms with Crippen LogP contribution >= 0.6 is 0 Å². The molecule has 0 N–H and O–H groups in total. The normalized spacial score (nSPS) is 37.6. The van der Waals surface area contributed by atoms with Crippen LogP contribution in [0.15, 0.2) is 0 Å². The fourth-order valence-corrected chi connectivity index (χ4v) is 3.46. The van der Waals surface area contributed by atoms with E-state index in [1.54, 1.807) is 0 Å². The molecular formula is C14H27N. The van der Waals surface area contributed by atoms with Crippen molar-refractivity contribution in [3.63, 3.8) is 0 Å². The van der Waals surface area contributed by atoms with E-state index >= 15 is 0 Å². The Morgan fingerprint density at radius 1 is 1.07 bits per heavy atom. The number of piperidine rings is 1. The number of hydrogen-bond donors (Lipinski definition) is 0. The Morgan fingerprint density at radius 3 is 2.40 bits per heavy atom. The van der Waals surface area contributed by atoms with E-state index in [0.717, 1.165) is 17.8 Å². The maximum absolute atomic E-state index is 2.69. The zero-order valence-electron chi connectivity index (χ0n) is 10.5. The minimum Gasteiger partial charge on any atom is -0.303 e. The Kier molecular flexibility index (Phi) is 4.07. The summed E-state index contributed by atoms with van der Waals surface area (Å²) in [5.74, 6) is 3.12. The molecule has 1 heteroatoms. The Balaban J connectivity index is 1.62. The first kappa shape index (κ1) is 11.4. The maximum atomic E-state index is 2.69. The number of nitrogens with zero attached hydrogens (tertiary/aromatic N) is 1. The van der Waals surface area contributed by atoms with E-state index in [9.17, 15) is 0 Å². The maximum Gasteiger partial charge on any atom is -0.00160 e. The smallest absolute Gasteiger partial charge is 0.00160 e. The van der Waals surface area contributed by atoms with Crippen LogP contribution in [-0.2, 0) is 0 Å². The number of hydrogen-bond acceptors (Lipinski definition) is 1. The third-order valence-electron chi connectivity index (χ3n) is 4.88. The molecule has 0 amide bonds. The molecule has 1 aliphatic heterocycles. The van der Waals surface area contributed by atoms with Crippen molar-refractivity contribution in [3.05, 3.63) is 0 Å². The van der Waals surface area contributed by atoms with Crippen LogP contribution in [0, 0.1) is 17.8 Å². The Hall–Kier alpha value is -0.0400. The van der Waals surface area contributed by atoms with Gasteiger partial charge in [-0.15, -0.1) is 0 Å². The van der Waals surface area contributed by atoms with Crippen LogP contribution in [0.1, 0.15) is 52.4 Å². The van der Waals surface area contributed by atoms with Crippen molar-refractivity contribution in [3.8, 4) is 0 Å². The lowest BCUT2D eigenvalue weighted by atomic mass is 9.63. The molecule has 2 rings (SSSR count). The van der Waals surface area contributed by atoms with Crippen LogP contribution in [0.25, 0.3) is 0 Å². The molecule has 0 spiro atoms. The van der Waals surface area contributed by atoms with Crippen molar-refractivity contribution in [1.82, 2.24) is 4.90 Å². The molecule has 3 atom stereocenters. The van der Waals surface area contributed by atoms with Crippen molar-refractivity contribution in [2.24, 2.45) is 17.8 Å². The highest BCUT2D eigenvalue weighted by Gasteiger charge is 2.35. The van der Waals surface area contributed by atoms with Gasteiger partial charge in [-0.05, 0) is 63.1 Å². The molecular weight excluding hydrogens is 182 g/mol. The number of rotatable bonds is 4. The average molecular weight is 209 g/mol. The van der Waals surface area contributed by atoms with Gasteiger partial charge in [0.25, 0.3) is 0 Å². The van der Waals surface area contributed by atoms with Crippen molar-refractivity contribution in [1.29, 1.82) is 0 Å². The van der Waals surface area contributed by atoms with Crippen molar-refractivity contribution in [2.75, 3.05) is 19.6 Å². The molecule has 1 aliphatic carbocycles. The second kappa shape index (κ2) is 5.34. The summed E-state index contributed by atoms with van der Waals surface area (Å²) in [7, 11) is 0. The van der Waals surface area contributed by atoms with Gasteiger partial charge >= 0.3 is 0 Å². The molecule has 1 saturated heterocycles. The predicted molar refractivity (Wildman–Crippen MR) is 66.0 cm³/mol. The Morgan fingerprint density at radius 2 is 1.80 bits per heavy atom. The van der Waals surface area contributed by atoms with Crippen LogP contribution in [0.3, 0.4) is 0 Å². The molecule has 0 bridgehead atoms.